The third-order valence-electron chi connectivity index (χ3n) is 2.03. The zero-order valence-electron chi connectivity index (χ0n) is 8.29. The predicted octanol–water partition coefficient (Wildman–Crippen LogP) is -1.46. The third-order valence-corrected chi connectivity index (χ3v) is 2.03. The van der Waals surface area contributed by atoms with Crippen LogP contribution in [0.5, 0.6) is 0 Å². The summed E-state index contributed by atoms with van der Waals surface area (Å²) in [6.45, 7) is 4.60. The molecule has 0 bridgehead atoms. The van der Waals surface area contributed by atoms with E-state index >= 15 is 0 Å². The molecule has 0 radical (unpaired) electrons. The Balaban J connectivity index is 2.56. The third kappa shape index (κ3) is 2.75. The molecule has 0 saturated carbocycles. The van der Waals surface area contributed by atoms with Gasteiger partial charge in [0, 0.05) is 5.57 Å². The summed E-state index contributed by atoms with van der Waals surface area (Å²) in [6.07, 6.45) is -5.30. The maximum Gasteiger partial charge on any atom is 0.335 e. The Hall–Kier alpha value is -0.950. The quantitative estimate of drug-likeness (QED) is 0.387. The molecule has 6 heteroatoms. The van der Waals surface area contributed by atoms with E-state index < -0.39 is 30.6 Å². The molecule has 3 N–H and O–H groups in total. The number of carbonyl (C=O) groups is 1. The van der Waals surface area contributed by atoms with Crippen molar-refractivity contribution in [3.63, 3.8) is 0 Å². The molecule has 0 aromatic heterocycles. The molecule has 86 valence electrons. The molecule has 0 aromatic carbocycles. The van der Waals surface area contributed by atoms with Crippen LogP contribution < -0.4 is 0 Å². The van der Waals surface area contributed by atoms with Gasteiger partial charge >= 0.3 is 5.97 Å². The predicted molar refractivity (Wildman–Crippen MR) is 48.7 cm³/mol. The van der Waals surface area contributed by atoms with Crippen LogP contribution >= 0.6 is 0 Å². The van der Waals surface area contributed by atoms with Gasteiger partial charge in [-0.25, -0.2) is 4.79 Å². The number of hydrogen-bond donors (Lipinski definition) is 3. The summed E-state index contributed by atoms with van der Waals surface area (Å²) in [7, 11) is 0. The molecule has 0 spiro atoms. The van der Waals surface area contributed by atoms with Gasteiger partial charge in [0.1, 0.15) is 18.3 Å². The van der Waals surface area contributed by atoms with Crippen LogP contribution in [-0.4, -0.2) is 52.5 Å². The number of aliphatic hydroxyl groups is 3. The van der Waals surface area contributed by atoms with Crippen LogP contribution in [0, 0.1) is 0 Å². The summed E-state index contributed by atoms with van der Waals surface area (Å²) >= 11 is 0. The molecule has 0 amide bonds. The van der Waals surface area contributed by atoms with Gasteiger partial charge in [0.15, 0.2) is 0 Å². The summed E-state index contributed by atoms with van der Waals surface area (Å²) in [6, 6.07) is 0. The fourth-order valence-corrected chi connectivity index (χ4v) is 1.09. The minimum Gasteiger partial charge on any atom is -0.429 e. The fourth-order valence-electron chi connectivity index (χ4n) is 1.09. The summed E-state index contributed by atoms with van der Waals surface area (Å²) in [4.78, 5) is 11.1. The van der Waals surface area contributed by atoms with E-state index in [-0.39, 0.29) is 12.2 Å². The molecule has 15 heavy (non-hydrogen) atoms. The maximum absolute atomic E-state index is 11.1. The molecule has 4 atom stereocenters. The van der Waals surface area contributed by atoms with Gasteiger partial charge < -0.3 is 24.8 Å². The highest BCUT2D eigenvalue weighted by Crippen LogP contribution is 2.17. The zero-order valence-corrected chi connectivity index (χ0v) is 8.29. The minimum atomic E-state index is -1.46. The average Bonchev–Trinajstić information content (AvgIpc) is 2.18. The number of ether oxygens (including phenoxy) is 2. The van der Waals surface area contributed by atoms with Crippen molar-refractivity contribution in [3.05, 3.63) is 12.2 Å². The van der Waals surface area contributed by atoms with Crippen molar-refractivity contribution in [2.75, 3.05) is 6.61 Å². The summed E-state index contributed by atoms with van der Waals surface area (Å²) in [5, 5.41) is 27.8. The smallest absolute Gasteiger partial charge is 0.335 e. The first-order valence-corrected chi connectivity index (χ1v) is 4.45. The topological polar surface area (TPSA) is 96.2 Å². The van der Waals surface area contributed by atoms with Gasteiger partial charge in [-0.1, -0.05) is 6.58 Å². The highest BCUT2D eigenvalue weighted by Gasteiger charge is 2.39. The molecule has 1 heterocycles. The second-order valence-corrected chi connectivity index (χ2v) is 3.44. The van der Waals surface area contributed by atoms with E-state index in [1.807, 2.05) is 0 Å². The van der Waals surface area contributed by atoms with Crippen molar-refractivity contribution in [1.82, 2.24) is 0 Å². The highest BCUT2D eigenvalue weighted by molar-refractivity contribution is 5.87. The van der Waals surface area contributed by atoms with Crippen molar-refractivity contribution < 1.29 is 29.6 Å². The zero-order chi connectivity index (χ0) is 11.6. The molecule has 4 unspecified atom stereocenters. The van der Waals surface area contributed by atoms with Crippen LogP contribution in [0.15, 0.2) is 12.2 Å². The van der Waals surface area contributed by atoms with E-state index in [9.17, 15) is 15.0 Å². The molecule has 0 aromatic rings. The van der Waals surface area contributed by atoms with Crippen molar-refractivity contribution in [3.8, 4) is 0 Å². The lowest BCUT2D eigenvalue weighted by Crippen LogP contribution is -2.54. The standard InChI is InChI=1S/C9H14O6/c1-4(2)8(13)15-9-7(12)6(11)5(10)3-14-9/h5-7,9-12H,1,3H2,2H3. The number of hydrogen-bond acceptors (Lipinski definition) is 6. The average molecular weight is 218 g/mol. The second kappa shape index (κ2) is 4.71. The second-order valence-electron chi connectivity index (χ2n) is 3.44. The highest BCUT2D eigenvalue weighted by atomic mass is 16.7. The van der Waals surface area contributed by atoms with Crippen LogP contribution in [0.1, 0.15) is 6.92 Å². The van der Waals surface area contributed by atoms with Crippen LogP contribution in [0.3, 0.4) is 0 Å². The number of aliphatic hydroxyl groups excluding tert-OH is 3. The Morgan fingerprint density at radius 3 is 2.53 bits per heavy atom. The van der Waals surface area contributed by atoms with E-state index in [1.54, 1.807) is 0 Å². The van der Waals surface area contributed by atoms with Gasteiger partial charge in [0.25, 0.3) is 0 Å². The van der Waals surface area contributed by atoms with Crippen LogP contribution in [0.2, 0.25) is 0 Å². The van der Waals surface area contributed by atoms with E-state index in [4.69, 9.17) is 14.6 Å². The molecule has 1 fully saturated rings. The van der Waals surface area contributed by atoms with Gasteiger partial charge in [0.05, 0.1) is 6.61 Å². The largest absolute Gasteiger partial charge is 0.429 e. The van der Waals surface area contributed by atoms with Gasteiger partial charge in [-0.3, -0.25) is 0 Å². The van der Waals surface area contributed by atoms with E-state index in [1.165, 1.54) is 6.92 Å². The normalized spacial score (nSPS) is 36.0. The van der Waals surface area contributed by atoms with Gasteiger partial charge in [-0.15, -0.1) is 0 Å². The molecule has 0 aliphatic carbocycles. The monoisotopic (exact) mass is 218 g/mol. The van der Waals surface area contributed by atoms with Gasteiger partial charge in [0.2, 0.25) is 6.29 Å². The molecule has 1 saturated heterocycles. The SMILES string of the molecule is C=C(C)C(=O)OC1OCC(O)C(O)C1O. The van der Waals surface area contributed by atoms with Crippen molar-refractivity contribution in [2.45, 2.75) is 31.5 Å². The van der Waals surface area contributed by atoms with Crippen molar-refractivity contribution in [2.24, 2.45) is 0 Å². The minimum absolute atomic E-state index is 0.159. The van der Waals surface area contributed by atoms with Crippen LogP contribution in [0.25, 0.3) is 0 Å². The fraction of sp³-hybridized carbons (Fsp3) is 0.667. The van der Waals surface area contributed by atoms with Crippen LogP contribution in [-0.2, 0) is 14.3 Å². The molecular weight excluding hydrogens is 204 g/mol. The molecule has 1 aliphatic rings. The molecule has 1 aliphatic heterocycles. The summed E-state index contributed by atoms with van der Waals surface area (Å²) in [5.41, 5.74) is 0.159. The Bertz CT molecular complexity index is 263. The maximum atomic E-state index is 11.1. The lowest BCUT2D eigenvalue weighted by molar-refractivity contribution is -0.261. The Morgan fingerprint density at radius 2 is 2.00 bits per heavy atom. The molecule has 6 nitrogen and oxygen atoms in total. The van der Waals surface area contributed by atoms with E-state index in [0.717, 1.165) is 0 Å². The first kappa shape index (κ1) is 12.1. The number of esters is 1. The van der Waals surface area contributed by atoms with Gasteiger partial charge in [-0.2, -0.15) is 0 Å². The lowest BCUT2D eigenvalue weighted by atomic mass is 10.1. The Morgan fingerprint density at radius 1 is 1.40 bits per heavy atom. The first-order valence-electron chi connectivity index (χ1n) is 4.45. The Kier molecular flexibility index (Phi) is 3.81. The molecular formula is C9H14O6. The van der Waals surface area contributed by atoms with E-state index in [2.05, 4.69) is 6.58 Å². The van der Waals surface area contributed by atoms with Crippen molar-refractivity contribution in [1.29, 1.82) is 0 Å². The van der Waals surface area contributed by atoms with E-state index in [0.29, 0.717) is 0 Å². The Labute approximate surface area is 86.7 Å². The number of carbonyl (C=O) groups excluding carboxylic acids is 1. The lowest BCUT2D eigenvalue weighted by Gasteiger charge is -2.34. The summed E-state index contributed by atoms with van der Waals surface area (Å²) < 4.78 is 9.55. The van der Waals surface area contributed by atoms with Crippen molar-refractivity contribution >= 4 is 5.97 Å². The molecule has 1 rings (SSSR count). The van der Waals surface area contributed by atoms with Crippen LogP contribution in [0.4, 0.5) is 0 Å². The summed E-state index contributed by atoms with van der Waals surface area (Å²) in [5.74, 6) is -0.720. The first-order chi connectivity index (χ1) is 6.93. The van der Waals surface area contributed by atoms with Gasteiger partial charge in [-0.05, 0) is 6.92 Å². The number of rotatable bonds is 2.